The number of ketones is 1. The van der Waals surface area contributed by atoms with Crippen LogP contribution in [0.15, 0.2) is 0 Å². The van der Waals surface area contributed by atoms with Crippen molar-refractivity contribution in [3.05, 3.63) is 10.1 Å². The molecule has 4 heteroatoms. The van der Waals surface area contributed by atoms with E-state index in [9.17, 15) is 14.9 Å². The van der Waals surface area contributed by atoms with E-state index in [4.69, 9.17) is 0 Å². The average Bonchev–Trinajstić information content (AvgIpc) is 2.03. The summed E-state index contributed by atoms with van der Waals surface area (Å²) < 4.78 is 0. The lowest BCUT2D eigenvalue weighted by Crippen LogP contribution is -2.30. The van der Waals surface area contributed by atoms with E-state index in [1.807, 2.05) is 0 Å². The lowest BCUT2D eigenvalue weighted by Gasteiger charge is -2.21. The zero-order valence-electron chi connectivity index (χ0n) is 7.16. The maximum Gasteiger partial charge on any atom is 0.213 e. The molecule has 0 bridgehead atoms. The molecule has 2 atom stereocenters. The average molecular weight is 171 g/mol. The van der Waals surface area contributed by atoms with Crippen molar-refractivity contribution in [1.82, 2.24) is 0 Å². The second kappa shape index (κ2) is 3.65. The van der Waals surface area contributed by atoms with Crippen LogP contribution >= 0.6 is 0 Å². The molecule has 0 aromatic heterocycles. The number of nitrogens with zero attached hydrogens (tertiary/aromatic N) is 1. The molecule has 1 rings (SSSR count). The van der Waals surface area contributed by atoms with Crippen LogP contribution in [0.2, 0.25) is 0 Å². The summed E-state index contributed by atoms with van der Waals surface area (Å²) in [4.78, 5) is 21.1. The zero-order chi connectivity index (χ0) is 9.14. The van der Waals surface area contributed by atoms with Gasteiger partial charge in [-0.15, -0.1) is 0 Å². The van der Waals surface area contributed by atoms with E-state index in [0.29, 0.717) is 12.8 Å². The Labute approximate surface area is 71.1 Å². The molecule has 4 nitrogen and oxygen atoms in total. The topological polar surface area (TPSA) is 60.2 Å². The molecule has 0 amide bonds. The van der Waals surface area contributed by atoms with E-state index in [1.165, 1.54) is 0 Å². The summed E-state index contributed by atoms with van der Waals surface area (Å²) >= 11 is 0. The second-order valence-corrected chi connectivity index (χ2v) is 3.42. The van der Waals surface area contributed by atoms with Gasteiger partial charge in [0.1, 0.15) is 5.78 Å². The number of carbonyl (C=O) groups excluding carboxylic acids is 1. The number of carbonyl (C=O) groups is 1. The monoisotopic (exact) mass is 171 g/mol. The van der Waals surface area contributed by atoms with Crippen LogP contribution < -0.4 is 0 Å². The van der Waals surface area contributed by atoms with Gasteiger partial charge < -0.3 is 0 Å². The van der Waals surface area contributed by atoms with Gasteiger partial charge in [-0.2, -0.15) is 0 Å². The molecule has 0 spiro atoms. The molecule has 1 saturated carbocycles. The predicted octanol–water partition coefficient (Wildman–Crippen LogP) is 1.41. The highest BCUT2D eigenvalue weighted by molar-refractivity contribution is 5.79. The Kier molecular flexibility index (Phi) is 2.78. The van der Waals surface area contributed by atoms with Gasteiger partial charge in [-0.1, -0.05) is 0 Å². The van der Waals surface area contributed by atoms with Crippen molar-refractivity contribution in [2.24, 2.45) is 5.92 Å². The van der Waals surface area contributed by atoms with Gasteiger partial charge in [0.05, 0.1) is 0 Å². The fourth-order valence-electron chi connectivity index (χ4n) is 1.64. The molecule has 0 radical (unpaired) electrons. The van der Waals surface area contributed by atoms with Gasteiger partial charge in [0, 0.05) is 30.6 Å². The first-order valence-corrected chi connectivity index (χ1v) is 4.26. The summed E-state index contributed by atoms with van der Waals surface area (Å²) in [6.45, 7) is 1.59. The van der Waals surface area contributed by atoms with Gasteiger partial charge in [0.2, 0.25) is 6.04 Å². The van der Waals surface area contributed by atoms with Gasteiger partial charge in [-0.05, 0) is 12.8 Å². The van der Waals surface area contributed by atoms with E-state index in [0.717, 1.165) is 12.8 Å². The van der Waals surface area contributed by atoms with Crippen molar-refractivity contribution >= 4 is 5.78 Å². The maximum atomic E-state index is 11.0. The van der Waals surface area contributed by atoms with Gasteiger partial charge in [-0.25, -0.2) is 0 Å². The molecule has 0 heterocycles. The first-order valence-electron chi connectivity index (χ1n) is 4.26. The highest BCUT2D eigenvalue weighted by Gasteiger charge is 2.30. The molecule has 0 aliphatic heterocycles. The van der Waals surface area contributed by atoms with E-state index in [2.05, 4.69) is 0 Å². The normalized spacial score (nSPS) is 26.8. The van der Waals surface area contributed by atoms with E-state index in [1.54, 1.807) is 6.92 Å². The Balaban J connectivity index is 2.51. The quantitative estimate of drug-likeness (QED) is 0.466. The molecule has 0 N–H and O–H groups in total. The van der Waals surface area contributed by atoms with Crippen LogP contribution in [0.3, 0.4) is 0 Å². The van der Waals surface area contributed by atoms with Crippen molar-refractivity contribution in [3.63, 3.8) is 0 Å². The van der Waals surface area contributed by atoms with Crippen LogP contribution in [-0.4, -0.2) is 16.7 Å². The Hall–Kier alpha value is -0.930. The van der Waals surface area contributed by atoms with Crippen LogP contribution in [0, 0.1) is 16.0 Å². The maximum absolute atomic E-state index is 11.0. The minimum Gasteiger partial charge on any atom is -0.300 e. The predicted molar refractivity (Wildman–Crippen MR) is 43.4 cm³/mol. The highest BCUT2D eigenvalue weighted by Crippen LogP contribution is 2.25. The molecule has 0 aromatic rings. The molecule has 12 heavy (non-hydrogen) atoms. The summed E-state index contributed by atoms with van der Waals surface area (Å²) in [6.07, 6.45) is 2.67. The summed E-state index contributed by atoms with van der Waals surface area (Å²) in [5, 5.41) is 10.4. The summed E-state index contributed by atoms with van der Waals surface area (Å²) in [5.41, 5.74) is 0. The van der Waals surface area contributed by atoms with Crippen molar-refractivity contribution < 1.29 is 9.72 Å². The van der Waals surface area contributed by atoms with Crippen LogP contribution in [0.4, 0.5) is 0 Å². The lowest BCUT2D eigenvalue weighted by molar-refractivity contribution is -0.528. The van der Waals surface area contributed by atoms with Gasteiger partial charge >= 0.3 is 0 Å². The third-order valence-electron chi connectivity index (χ3n) is 2.54. The molecular formula is C8H13NO3. The van der Waals surface area contributed by atoms with Crippen LogP contribution in [0.25, 0.3) is 0 Å². The minimum absolute atomic E-state index is 0.0266. The number of Topliss-reactive ketones (excluding diaryl/α,β-unsaturated/α-hetero) is 1. The summed E-state index contributed by atoms with van der Waals surface area (Å²) in [5.74, 6) is 0.154. The minimum atomic E-state index is -0.561. The first-order chi connectivity index (χ1) is 5.61. The van der Waals surface area contributed by atoms with Crippen LogP contribution in [-0.2, 0) is 4.79 Å². The molecule has 1 aliphatic carbocycles. The van der Waals surface area contributed by atoms with E-state index in [-0.39, 0.29) is 16.6 Å². The first kappa shape index (κ1) is 9.16. The lowest BCUT2D eigenvalue weighted by atomic mass is 9.84. The molecular weight excluding hydrogens is 158 g/mol. The van der Waals surface area contributed by atoms with Crippen LogP contribution in [0.5, 0.6) is 0 Å². The van der Waals surface area contributed by atoms with Crippen molar-refractivity contribution in [3.8, 4) is 0 Å². The zero-order valence-corrected chi connectivity index (χ0v) is 7.16. The second-order valence-electron chi connectivity index (χ2n) is 3.42. The Morgan fingerprint density at radius 3 is 2.83 bits per heavy atom. The molecule has 68 valence electrons. The number of hydrogen-bond acceptors (Lipinski definition) is 3. The fraction of sp³-hybridized carbons (Fsp3) is 0.875. The van der Waals surface area contributed by atoms with Gasteiger partial charge in [-0.3, -0.25) is 14.9 Å². The highest BCUT2D eigenvalue weighted by atomic mass is 16.6. The molecule has 0 saturated heterocycles. The molecule has 1 fully saturated rings. The van der Waals surface area contributed by atoms with Crippen molar-refractivity contribution in [2.45, 2.75) is 38.6 Å². The molecule has 1 unspecified atom stereocenters. The van der Waals surface area contributed by atoms with Crippen molar-refractivity contribution in [1.29, 1.82) is 0 Å². The van der Waals surface area contributed by atoms with E-state index >= 15 is 0 Å². The third kappa shape index (κ3) is 2.03. The third-order valence-corrected chi connectivity index (χ3v) is 2.54. The van der Waals surface area contributed by atoms with Gasteiger partial charge in [0.15, 0.2) is 0 Å². The Bertz CT molecular complexity index is 200. The number of hydrogen-bond donors (Lipinski definition) is 0. The van der Waals surface area contributed by atoms with Gasteiger partial charge in [0.25, 0.3) is 0 Å². The number of rotatable bonds is 2. The van der Waals surface area contributed by atoms with Crippen LogP contribution in [0.1, 0.15) is 32.6 Å². The summed E-state index contributed by atoms with van der Waals surface area (Å²) in [6, 6.07) is -0.561. The largest absolute Gasteiger partial charge is 0.300 e. The summed E-state index contributed by atoms with van der Waals surface area (Å²) in [7, 11) is 0. The van der Waals surface area contributed by atoms with Crippen molar-refractivity contribution in [2.75, 3.05) is 0 Å². The fourth-order valence-corrected chi connectivity index (χ4v) is 1.64. The number of nitro groups is 1. The SMILES string of the molecule is CC([C@H]1CCCC(=O)C1)[N+](=O)[O-]. The Morgan fingerprint density at radius 1 is 1.67 bits per heavy atom. The van der Waals surface area contributed by atoms with E-state index < -0.39 is 6.04 Å². The smallest absolute Gasteiger partial charge is 0.213 e. The molecule has 1 aliphatic rings. The molecule has 0 aromatic carbocycles. The standard InChI is InChI=1S/C8H13NO3/c1-6(9(11)12)7-3-2-4-8(10)5-7/h6-7H,2-5H2,1H3/t6?,7-/m0/s1. The Morgan fingerprint density at radius 2 is 2.33 bits per heavy atom.